The van der Waals surface area contributed by atoms with Gasteiger partial charge in [-0.05, 0) is 30.9 Å². The molecule has 1 aromatic heterocycles. The van der Waals surface area contributed by atoms with Gasteiger partial charge in [0.1, 0.15) is 18.3 Å². The molecule has 224 valence electrons. The second-order valence-corrected chi connectivity index (χ2v) is 12.7. The van der Waals surface area contributed by atoms with Crippen LogP contribution in [0.15, 0.2) is 47.4 Å². The molecule has 1 aromatic carbocycles. The number of hydrogen-bond donors (Lipinski definition) is 7. The van der Waals surface area contributed by atoms with Gasteiger partial charge in [0.25, 0.3) is 0 Å². The SMILES string of the molecule is O=c1nc(NOCCCCc2ccccc2)ccn1[C@@H]1O[C@H](COP(=O)(O)OP(=O)(O)OP(=O)(O)O)[C@@H](O)[C@H]1O. The fourth-order valence-corrected chi connectivity index (χ4v) is 6.53. The van der Waals surface area contributed by atoms with Crippen molar-refractivity contribution in [3.05, 3.63) is 58.6 Å². The van der Waals surface area contributed by atoms with E-state index in [1.807, 2.05) is 30.3 Å². The van der Waals surface area contributed by atoms with Crippen LogP contribution < -0.4 is 11.2 Å². The molecule has 7 N–H and O–H groups in total. The van der Waals surface area contributed by atoms with E-state index in [1.165, 1.54) is 17.8 Å². The van der Waals surface area contributed by atoms with E-state index in [4.69, 9.17) is 19.4 Å². The summed E-state index contributed by atoms with van der Waals surface area (Å²) in [6.45, 7) is -0.691. The van der Waals surface area contributed by atoms with Crippen LogP contribution in [-0.2, 0) is 42.8 Å². The fraction of sp³-hybridized carbons (Fsp3) is 0.474. The van der Waals surface area contributed by atoms with Crippen LogP contribution in [-0.4, -0.2) is 70.9 Å². The Balaban J connectivity index is 1.49. The predicted octanol–water partition coefficient (Wildman–Crippen LogP) is 0.572. The normalized spacial score (nSPS) is 24.4. The molecular weight excluding hydrogens is 603 g/mol. The number of nitrogens with one attached hydrogen (secondary N) is 1. The topological polar surface area (TPSA) is 266 Å². The maximum Gasteiger partial charge on any atom is 0.490 e. The van der Waals surface area contributed by atoms with Gasteiger partial charge in [-0.25, -0.2) is 24.0 Å². The number of hydrogen-bond acceptors (Lipinski definition) is 13. The summed E-state index contributed by atoms with van der Waals surface area (Å²) in [5, 5.41) is 20.5. The van der Waals surface area contributed by atoms with Crippen LogP contribution >= 0.6 is 23.5 Å². The first-order valence-electron chi connectivity index (χ1n) is 11.5. The van der Waals surface area contributed by atoms with Crippen molar-refractivity contribution in [1.29, 1.82) is 0 Å². The number of aliphatic hydroxyl groups excluding tert-OH is 2. The molecule has 0 amide bonds. The lowest BCUT2D eigenvalue weighted by atomic mass is 10.1. The zero-order valence-corrected chi connectivity index (χ0v) is 23.2. The summed E-state index contributed by atoms with van der Waals surface area (Å²) in [6.07, 6.45) is -2.91. The molecule has 0 spiro atoms. The van der Waals surface area contributed by atoms with Crippen molar-refractivity contribution < 1.29 is 66.2 Å². The van der Waals surface area contributed by atoms with Crippen molar-refractivity contribution in [2.75, 3.05) is 18.7 Å². The minimum absolute atomic E-state index is 0.0570. The van der Waals surface area contributed by atoms with E-state index in [0.717, 1.165) is 23.8 Å². The van der Waals surface area contributed by atoms with Gasteiger partial charge in [-0.3, -0.25) is 13.9 Å². The van der Waals surface area contributed by atoms with Gasteiger partial charge in [0.15, 0.2) is 12.0 Å². The van der Waals surface area contributed by atoms with Gasteiger partial charge in [-0.15, -0.1) is 0 Å². The van der Waals surface area contributed by atoms with Crippen molar-refractivity contribution in [1.82, 2.24) is 9.55 Å². The van der Waals surface area contributed by atoms with Crippen molar-refractivity contribution in [3.8, 4) is 0 Å². The number of aryl methyl sites for hydroxylation is 1. The number of ether oxygens (including phenoxy) is 1. The molecule has 2 aromatic rings. The van der Waals surface area contributed by atoms with E-state index in [1.54, 1.807) is 0 Å². The van der Waals surface area contributed by atoms with Gasteiger partial charge in [-0.1, -0.05) is 30.3 Å². The third-order valence-corrected chi connectivity index (χ3v) is 9.04. The Bertz CT molecular complexity index is 1320. The monoisotopic (exact) mass is 631 g/mol. The molecule has 1 aliphatic rings. The van der Waals surface area contributed by atoms with Crippen LogP contribution in [0.2, 0.25) is 0 Å². The predicted molar refractivity (Wildman–Crippen MR) is 133 cm³/mol. The number of aliphatic hydroxyl groups is 2. The van der Waals surface area contributed by atoms with Crippen LogP contribution in [0.4, 0.5) is 5.82 Å². The van der Waals surface area contributed by atoms with Gasteiger partial charge in [0, 0.05) is 6.20 Å². The number of rotatable bonds is 15. The molecule has 0 aliphatic carbocycles. The second kappa shape index (κ2) is 13.9. The molecule has 1 fully saturated rings. The molecule has 21 heteroatoms. The molecule has 2 heterocycles. The smallest absolute Gasteiger partial charge is 0.387 e. The average molecular weight is 631 g/mol. The molecule has 2 unspecified atom stereocenters. The maximum absolute atomic E-state index is 12.5. The number of nitrogens with zero attached hydrogens (tertiary/aromatic N) is 2. The van der Waals surface area contributed by atoms with Gasteiger partial charge in [-0.2, -0.15) is 13.6 Å². The van der Waals surface area contributed by atoms with E-state index in [-0.39, 0.29) is 5.82 Å². The van der Waals surface area contributed by atoms with Gasteiger partial charge < -0.3 is 34.5 Å². The number of unbranched alkanes of at least 4 members (excludes halogenated alkanes) is 1. The van der Waals surface area contributed by atoms with Crippen molar-refractivity contribution >= 4 is 29.3 Å². The summed E-state index contributed by atoms with van der Waals surface area (Å²) in [4.78, 5) is 57.3. The molecular formula is C19H28N3O15P3. The van der Waals surface area contributed by atoms with Crippen molar-refractivity contribution in [3.63, 3.8) is 0 Å². The lowest BCUT2D eigenvalue weighted by molar-refractivity contribution is -0.0541. The van der Waals surface area contributed by atoms with Crippen LogP contribution in [0, 0.1) is 0 Å². The highest BCUT2D eigenvalue weighted by Crippen LogP contribution is 2.66. The highest BCUT2D eigenvalue weighted by atomic mass is 31.3. The summed E-state index contributed by atoms with van der Waals surface area (Å²) in [5.41, 5.74) is 2.82. The third-order valence-electron chi connectivity index (χ3n) is 5.24. The van der Waals surface area contributed by atoms with E-state index in [0.29, 0.717) is 6.61 Å². The minimum atomic E-state index is -5.75. The van der Waals surface area contributed by atoms with E-state index >= 15 is 0 Å². The molecule has 1 saturated heterocycles. The van der Waals surface area contributed by atoms with Crippen molar-refractivity contribution in [2.45, 2.75) is 43.8 Å². The van der Waals surface area contributed by atoms with Crippen LogP contribution in [0.1, 0.15) is 24.6 Å². The molecule has 6 atom stereocenters. The highest BCUT2D eigenvalue weighted by Gasteiger charge is 2.46. The van der Waals surface area contributed by atoms with Crippen LogP contribution in [0.5, 0.6) is 0 Å². The van der Waals surface area contributed by atoms with E-state index < -0.39 is 60.3 Å². The van der Waals surface area contributed by atoms with E-state index in [9.17, 15) is 38.5 Å². The number of aromatic nitrogens is 2. The summed E-state index contributed by atoms with van der Waals surface area (Å²) >= 11 is 0. The molecule has 18 nitrogen and oxygen atoms in total. The van der Waals surface area contributed by atoms with Gasteiger partial charge >= 0.3 is 29.2 Å². The van der Waals surface area contributed by atoms with E-state index in [2.05, 4.69) is 23.6 Å². The lowest BCUT2D eigenvalue weighted by Crippen LogP contribution is -2.36. The van der Waals surface area contributed by atoms with Crippen molar-refractivity contribution in [2.24, 2.45) is 0 Å². The Kier molecular flexibility index (Phi) is 11.3. The minimum Gasteiger partial charge on any atom is -0.387 e. The second-order valence-electron chi connectivity index (χ2n) is 8.33. The summed E-state index contributed by atoms with van der Waals surface area (Å²) in [7, 11) is -16.8. The molecule has 0 bridgehead atoms. The number of anilines is 1. The summed E-state index contributed by atoms with van der Waals surface area (Å²) in [5.74, 6) is 0.0570. The first kappa shape index (κ1) is 32.7. The molecule has 40 heavy (non-hydrogen) atoms. The largest absolute Gasteiger partial charge is 0.490 e. The molecule has 1 aliphatic heterocycles. The average Bonchev–Trinajstić information content (AvgIpc) is 3.12. The first-order chi connectivity index (χ1) is 18.7. The molecule has 0 radical (unpaired) electrons. The van der Waals surface area contributed by atoms with Crippen LogP contribution in [0.3, 0.4) is 0 Å². The Morgan fingerprint density at radius 3 is 2.30 bits per heavy atom. The number of phosphoric ester groups is 1. The molecule has 3 rings (SSSR count). The zero-order valence-electron chi connectivity index (χ0n) is 20.5. The lowest BCUT2D eigenvalue weighted by Gasteiger charge is -2.19. The van der Waals surface area contributed by atoms with Gasteiger partial charge in [0.05, 0.1) is 13.2 Å². The Morgan fingerprint density at radius 1 is 0.950 bits per heavy atom. The quantitative estimate of drug-likeness (QED) is 0.0804. The number of phosphoric acid groups is 3. The Morgan fingerprint density at radius 2 is 1.65 bits per heavy atom. The summed E-state index contributed by atoms with van der Waals surface area (Å²) in [6, 6.07) is 11.2. The fourth-order valence-electron chi connectivity index (χ4n) is 3.50. The standard InChI is InChI=1S/C19H28N3O15P3/c23-16-14(12-34-39(29,30)37-40(31,32)36-38(26,27)28)35-18(17(16)24)22-10-9-15(20-19(22)25)21-33-11-5-4-8-13-6-2-1-3-7-13/h1-3,6-7,9-10,14,16-18,23-24H,4-5,8,11-12H2,(H,29,30)(H,31,32)(H,20,21,25)(H2,26,27,28)/t14-,16-,17-,18-/m1/s1. The van der Waals surface area contributed by atoms with Crippen LogP contribution in [0.25, 0.3) is 0 Å². The Hall–Kier alpha value is -1.85. The number of benzene rings is 1. The summed E-state index contributed by atoms with van der Waals surface area (Å²) < 4.78 is 51.7. The first-order valence-corrected chi connectivity index (χ1v) is 16.0. The third kappa shape index (κ3) is 10.2. The zero-order chi connectivity index (χ0) is 29.6. The Labute approximate surface area is 226 Å². The highest BCUT2D eigenvalue weighted by molar-refractivity contribution is 7.66. The van der Waals surface area contributed by atoms with Gasteiger partial charge in [0.2, 0.25) is 0 Å². The molecule has 0 saturated carbocycles. The maximum atomic E-state index is 12.5.